The van der Waals surface area contributed by atoms with Gasteiger partial charge in [-0.1, -0.05) is 34.6 Å². The molecule has 4 rings (SSSR count). The summed E-state index contributed by atoms with van der Waals surface area (Å²) in [4.78, 5) is 0. The predicted octanol–water partition coefficient (Wildman–Crippen LogP) is 6.99. The van der Waals surface area contributed by atoms with Gasteiger partial charge in [0.25, 0.3) is 0 Å². The van der Waals surface area contributed by atoms with Crippen molar-refractivity contribution < 1.29 is 0 Å². The van der Waals surface area contributed by atoms with Crippen molar-refractivity contribution in [3.63, 3.8) is 0 Å². The Morgan fingerprint density at radius 3 is 2.17 bits per heavy atom. The highest BCUT2D eigenvalue weighted by Crippen LogP contribution is 2.67. The highest BCUT2D eigenvalue weighted by molar-refractivity contribution is 7.80. The SMILES string of the molecule is CC.CC1CCC2C3CCC4CC(S)CCC4(C)C3CCC12C. The Labute approximate surface area is 151 Å². The predicted molar refractivity (Wildman–Crippen MR) is 105 cm³/mol. The molecule has 8 unspecified atom stereocenters. The number of fused-ring (bicyclic) bond motifs is 5. The number of thiol groups is 1. The molecule has 0 aromatic heterocycles. The molecular weight excluding hydrogens is 296 g/mol. The Balaban J connectivity index is 0.000000753. The molecule has 4 saturated carbocycles. The summed E-state index contributed by atoms with van der Waals surface area (Å²) in [7, 11) is 0. The largest absolute Gasteiger partial charge is 0.176 e. The van der Waals surface area contributed by atoms with Gasteiger partial charge in [-0.2, -0.15) is 12.6 Å². The van der Waals surface area contributed by atoms with Crippen LogP contribution in [0.1, 0.15) is 92.4 Å². The minimum Gasteiger partial charge on any atom is -0.176 e. The molecule has 0 bridgehead atoms. The topological polar surface area (TPSA) is 0 Å². The zero-order valence-electron chi connectivity index (χ0n) is 16.3. The summed E-state index contributed by atoms with van der Waals surface area (Å²) in [6, 6.07) is 0. The van der Waals surface area contributed by atoms with E-state index in [1.807, 2.05) is 13.8 Å². The van der Waals surface area contributed by atoms with Crippen LogP contribution >= 0.6 is 12.6 Å². The molecule has 4 aliphatic carbocycles. The van der Waals surface area contributed by atoms with Crippen LogP contribution in [-0.4, -0.2) is 5.25 Å². The lowest BCUT2D eigenvalue weighted by Crippen LogP contribution is -2.53. The van der Waals surface area contributed by atoms with E-state index in [9.17, 15) is 0 Å². The quantitative estimate of drug-likeness (QED) is 0.453. The number of hydrogen-bond donors (Lipinski definition) is 1. The number of rotatable bonds is 0. The third-order valence-corrected chi connectivity index (χ3v) is 9.58. The Kier molecular flexibility index (Phi) is 5.19. The summed E-state index contributed by atoms with van der Waals surface area (Å²) in [6.07, 6.45) is 13.4. The van der Waals surface area contributed by atoms with Gasteiger partial charge in [0, 0.05) is 5.25 Å². The van der Waals surface area contributed by atoms with E-state index in [0.29, 0.717) is 16.1 Å². The van der Waals surface area contributed by atoms with Crippen LogP contribution in [0.25, 0.3) is 0 Å². The molecule has 23 heavy (non-hydrogen) atoms. The summed E-state index contributed by atoms with van der Waals surface area (Å²) in [5.41, 5.74) is 1.35. The molecule has 0 nitrogen and oxygen atoms in total. The Morgan fingerprint density at radius 2 is 1.43 bits per heavy atom. The smallest absolute Gasteiger partial charge is 0.00198 e. The molecule has 4 fully saturated rings. The first-order valence-corrected chi connectivity index (χ1v) is 11.1. The second-order valence-electron chi connectivity index (χ2n) is 9.61. The summed E-state index contributed by atoms with van der Waals surface area (Å²) in [5.74, 6) is 5.12. The molecule has 0 aromatic carbocycles. The van der Waals surface area contributed by atoms with Crippen LogP contribution in [0.4, 0.5) is 0 Å². The van der Waals surface area contributed by atoms with E-state index >= 15 is 0 Å². The normalized spacial score (nSPS) is 55.0. The maximum atomic E-state index is 4.82. The van der Waals surface area contributed by atoms with E-state index < -0.39 is 0 Å². The van der Waals surface area contributed by atoms with Gasteiger partial charge in [-0.05, 0) is 98.2 Å². The summed E-state index contributed by atoms with van der Waals surface area (Å²) < 4.78 is 0. The Hall–Kier alpha value is 0.350. The van der Waals surface area contributed by atoms with Crippen LogP contribution in [0.5, 0.6) is 0 Å². The van der Waals surface area contributed by atoms with Crippen LogP contribution in [0.3, 0.4) is 0 Å². The molecule has 0 N–H and O–H groups in total. The summed E-state index contributed by atoms with van der Waals surface area (Å²) in [5, 5.41) is 0.694. The standard InChI is InChI=1S/C20H34S.C2H6/c1-13-4-7-17-16-6-5-14-12-15(21)8-10-20(14,3)18(16)9-11-19(13,17)2;1-2/h13-18,21H,4-12H2,1-3H3;1-2H3. The second-order valence-corrected chi connectivity index (χ2v) is 10.3. The minimum atomic E-state index is 0.662. The average Bonchev–Trinajstić information content (AvgIpc) is 2.86. The molecular formula is C22H40S. The van der Waals surface area contributed by atoms with Crippen molar-refractivity contribution in [3.8, 4) is 0 Å². The first-order valence-electron chi connectivity index (χ1n) is 10.6. The van der Waals surface area contributed by atoms with Crippen molar-refractivity contribution in [3.05, 3.63) is 0 Å². The third-order valence-electron chi connectivity index (χ3n) is 9.11. The van der Waals surface area contributed by atoms with E-state index in [0.717, 1.165) is 29.6 Å². The lowest BCUT2D eigenvalue weighted by atomic mass is 9.45. The van der Waals surface area contributed by atoms with Gasteiger partial charge >= 0.3 is 0 Å². The Morgan fingerprint density at radius 1 is 0.783 bits per heavy atom. The van der Waals surface area contributed by atoms with Gasteiger partial charge < -0.3 is 0 Å². The molecule has 0 heterocycles. The van der Waals surface area contributed by atoms with E-state index in [-0.39, 0.29) is 0 Å². The lowest BCUT2D eigenvalue weighted by molar-refractivity contribution is -0.108. The maximum absolute atomic E-state index is 4.82. The van der Waals surface area contributed by atoms with Crippen molar-refractivity contribution in [1.82, 2.24) is 0 Å². The number of hydrogen-bond acceptors (Lipinski definition) is 1. The van der Waals surface area contributed by atoms with Crippen molar-refractivity contribution >= 4 is 12.6 Å². The van der Waals surface area contributed by atoms with Crippen LogP contribution in [0.15, 0.2) is 0 Å². The highest BCUT2D eigenvalue weighted by Gasteiger charge is 2.59. The van der Waals surface area contributed by atoms with E-state index in [1.54, 1.807) is 6.42 Å². The average molecular weight is 337 g/mol. The fourth-order valence-electron chi connectivity index (χ4n) is 7.50. The van der Waals surface area contributed by atoms with Crippen molar-refractivity contribution in [2.24, 2.45) is 40.4 Å². The van der Waals surface area contributed by atoms with Crippen molar-refractivity contribution in [2.45, 2.75) is 97.7 Å². The van der Waals surface area contributed by atoms with Crippen LogP contribution in [0.2, 0.25) is 0 Å². The van der Waals surface area contributed by atoms with E-state index in [4.69, 9.17) is 12.6 Å². The van der Waals surface area contributed by atoms with Gasteiger partial charge in [-0.15, -0.1) is 0 Å². The zero-order valence-corrected chi connectivity index (χ0v) is 17.2. The highest BCUT2D eigenvalue weighted by atomic mass is 32.1. The van der Waals surface area contributed by atoms with Crippen molar-refractivity contribution in [1.29, 1.82) is 0 Å². The summed E-state index contributed by atoms with van der Waals surface area (Å²) in [6.45, 7) is 11.9. The molecule has 134 valence electrons. The molecule has 4 aliphatic rings. The first-order chi connectivity index (χ1) is 10.9. The second kappa shape index (κ2) is 6.58. The van der Waals surface area contributed by atoms with Gasteiger partial charge in [0.15, 0.2) is 0 Å². The van der Waals surface area contributed by atoms with Crippen molar-refractivity contribution in [2.75, 3.05) is 0 Å². The molecule has 8 atom stereocenters. The molecule has 0 saturated heterocycles. The lowest BCUT2D eigenvalue weighted by Gasteiger charge is -2.61. The maximum Gasteiger partial charge on any atom is 0.00198 e. The van der Waals surface area contributed by atoms with Gasteiger partial charge in [-0.25, -0.2) is 0 Å². The molecule has 0 radical (unpaired) electrons. The monoisotopic (exact) mass is 336 g/mol. The molecule has 0 aromatic rings. The van der Waals surface area contributed by atoms with Crippen LogP contribution in [-0.2, 0) is 0 Å². The fraction of sp³-hybridized carbons (Fsp3) is 1.00. The third kappa shape index (κ3) is 2.72. The fourth-order valence-corrected chi connectivity index (χ4v) is 7.88. The zero-order chi connectivity index (χ0) is 16.8. The molecule has 0 aliphatic heterocycles. The molecule has 0 spiro atoms. The van der Waals surface area contributed by atoms with Crippen LogP contribution < -0.4 is 0 Å². The summed E-state index contributed by atoms with van der Waals surface area (Å²) >= 11 is 4.82. The van der Waals surface area contributed by atoms with Gasteiger partial charge in [0.2, 0.25) is 0 Å². The van der Waals surface area contributed by atoms with Crippen LogP contribution in [0, 0.1) is 40.4 Å². The molecule has 1 heteroatoms. The first kappa shape index (κ1) is 18.2. The Bertz CT molecular complexity index is 418. The van der Waals surface area contributed by atoms with Gasteiger partial charge in [0.05, 0.1) is 0 Å². The van der Waals surface area contributed by atoms with Gasteiger partial charge in [0.1, 0.15) is 0 Å². The van der Waals surface area contributed by atoms with Gasteiger partial charge in [-0.3, -0.25) is 0 Å². The molecule has 0 amide bonds. The minimum absolute atomic E-state index is 0.662. The van der Waals surface area contributed by atoms with E-state index in [2.05, 4.69) is 20.8 Å². The van der Waals surface area contributed by atoms with E-state index in [1.165, 1.54) is 51.4 Å².